The van der Waals surface area contributed by atoms with E-state index in [1.54, 1.807) is 10.7 Å². The average molecular weight is 331 g/mol. The van der Waals surface area contributed by atoms with E-state index in [1.165, 1.54) is 0 Å². The summed E-state index contributed by atoms with van der Waals surface area (Å²) in [5.41, 5.74) is 1.56. The van der Waals surface area contributed by atoms with Gasteiger partial charge in [-0.1, -0.05) is 0 Å². The highest BCUT2D eigenvalue weighted by atomic mass is 16.5. The van der Waals surface area contributed by atoms with Gasteiger partial charge in [0.2, 0.25) is 5.91 Å². The lowest BCUT2D eigenvalue weighted by molar-refractivity contribution is -0.116. The number of hydrogen-bond donors (Lipinski definition) is 1. The van der Waals surface area contributed by atoms with Crippen LogP contribution in [0.25, 0.3) is 0 Å². The minimum Gasteiger partial charge on any atom is -0.494 e. The third kappa shape index (κ3) is 4.75. The Labute approximate surface area is 142 Å². The maximum atomic E-state index is 12.4. The number of carbonyl (C=O) groups excluding carboxylic acids is 1. The molecule has 1 atom stereocenters. The topological polar surface area (TPSA) is 65.4 Å². The lowest BCUT2D eigenvalue weighted by Crippen LogP contribution is -2.18. The summed E-state index contributed by atoms with van der Waals surface area (Å²) < 4.78 is 12.9. The van der Waals surface area contributed by atoms with E-state index in [0.717, 1.165) is 5.69 Å². The van der Waals surface area contributed by atoms with Gasteiger partial charge in [-0.3, -0.25) is 9.48 Å². The predicted octanol–water partition coefficient (Wildman–Crippen LogP) is 3.58. The minimum atomic E-state index is -0.0924. The molecule has 0 spiro atoms. The minimum absolute atomic E-state index is 0.0238. The molecule has 0 aliphatic rings. The van der Waals surface area contributed by atoms with Gasteiger partial charge < -0.3 is 14.8 Å². The molecule has 0 saturated heterocycles. The predicted molar refractivity (Wildman–Crippen MR) is 93.7 cm³/mol. The molecular formula is C18H25N3O3. The summed E-state index contributed by atoms with van der Waals surface area (Å²) in [5.74, 6) is 1.24. The zero-order valence-corrected chi connectivity index (χ0v) is 14.7. The quantitative estimate of drug-likeness (QED) is 0.803. The molecule has 1 heterocycles. The molecule has 24 heavy (non-hydrogen) atoms. The van der Waals surface area contributed by atoms with E-state index in [9.17, 15) is 4.79 Å². The van der Waals surface area contributed by atoms with Gasteiger partial charge in [0.15, 0.2) is 0 Å². The molecule has 1 N–H and O–H groups in total. The van der Waals surface area contributed by atoms with Crippen LogP contribution in [0.4, 0.5) is 5.69 Å². The van der Waals surface area contributed by atoms with Gasteiger partial charge in [-0.15, -0.1) is 0 Å². The second-order valence-electron chi connectivity index (χ2n) is 5.56. The molecule has 0 aliphatic heterocycles. The standard InChI is InChI=1S/C18H25N3O3/c1-5-23-15-7-8-17(24-6-2)16(12-15)19-18(22)11-14(4)21-10-9-13(3)20-21/h7-10,12,14H,5-6,11H2,1-4H3,(H,19,22)/t14-/m0/s1. The number of amides is 1. The monoisotopic (exact) mass is 331 g/mol. The van der Waals surface area contributed by atoms with Crippen molar-refractivity contribution in [3.05, 3.63) is 36.2 Å². The molecule has 130 valence electrons. The second-order valence-corrected chi connectivity index (χ2v) is 5.56. The zero-order valence-electron chi connectivity index (χ0n) is 14.7. The lowest BCUT2D eigenvalue weighted by Gasteiger charge is -2.15. The fourth-order valence-electron chi connectivity index (χ4n) is 2.39. The van der Waals surface area contributed by atoms with Gasteiger partial charge in [0, 0.05) is 18.7 Å². The highest BCUT2D eigenvalue weighted by Crippen LogP contribution is 2.30. The molecular weight excluding hydrogens is 306 g/mol. The van der Waals surface area contributed by atoms with Crippen molar-refractivity contribution >= 4 is 11.6 Å². The Morgan fingerprint density at radius 2 is 2.00 bits per heavy atom. The number of anilines is 1. The molecule has 0 saturated carbocycles. The first-order valence-electron chi connectivity index (χ1n) is 8.24. The van der Waals surface area contributed by atoms with Gasteiger partial charge in [0.25, 0.3) is 0 Å². The summed E-state index contributed by atoms with van der Waals surface area (Å²) in [6.07, 6.45) is 2.21. The maximum Gasteiger partial charge on any atom is 0.226 e. The van der Waals surface area contributed by atoms with Gasteiger partial charge in [0.1, 0.15) is 11.5 Å². The van der Waals surface area contributed by atoms with E-state index >= 15 is 0 Å². The molecule has 2 rings (SSSR count). The smallest absolute Gasteiger partial charge is 0.226 e. The van der Waals surface area contributed by atoms with Crippen molar-refractivity contribution in [3.63, 3.8) is 0 Å². The van der Waals surface area contributed by atoms with Crippen molar-refractivity contribution in [3.8, 4) is 11.5 Å². The molecule has 0 bridgehead atoms. The fourth-order valence-corrected chi connectivity index (χ4v) is 2.39. The number of aryl methyl sites for hydroxylation is 1. The molecule has 2 aromatic rings. The summed E-state index contributed by atoms with van der Waals surface area (Å²) in [7, 11) is 0. The van der Waals surface area contributed by atoms with Crippen molar-refractivity contribution in [2.45, 2.75) is 40.2 Å². The number of nitrogens with one attached hydrogen (secondary N) is 1. The number of rotatable bonds is 8. The summed E-state index contributed by atoms with van der Waals surface area (Å²) in [5, 5.41) is 7.26. The van der Waals surface area contributed by atoms with E-state index in [-0.39, 0.29) is 11.9 Å². The highest BCUT2D eigenvalue weighted by molar-refractivity contribution is 5.92. The molecule has 0 radical (unpaired) electrons. The number of hydrogen-bond acceptors (Lipinski definition) is 4. The summed E-state index contributed by atoms with van der Waals surface area (Å²) >= 11 is 0. The van der Waals surface area contributed by atoms with Crippen LogP contribution >= 0.6 is 0 Å². The Bertz CT molecular complexity index is 682. The molecule has 0 aliphatic carbocycles. The van der Waals surface area contributed by atoms with Crippen LogP contribution in [-0.2, 0) is 4.79 Å². The lowest BCUT2D eigenvalue weighted by atomic mass is 10.2. The van der Waals surface area contributed by atoms with Crippen LogP contribution in [0.1, 0.15) is 38.9 Å². The Morgan fingerprint density at radius 1 is 1.25 bits per heavy atom. The Kier molecular flexibility index (Phi) is 6.23. The molecule has 1 aromatic heterocycles. The van der Waals surface area contributed by atoms with Crippen molar-refractivity contribution < 1.29 is 14.3 Å². The Hall–Kier alpha value is -2.50. The normalized spacial score (nSPS) is 11.8. The van der Waals surface area contributed by atoms with Crippen molar-refractivity contribution in [2.75, 3.05) is 18.5 Å². The van der Waals surface area contributed by atoms with Crippen molar-refractivity contribution in [1.82, 2.24) is 9.78 Å². The molecule has 0 fully saturated rings. The van der Waals surface area contributed by atoms with E-state index in [2.05, 4.69) is 10.4 Å². The molecule has 1 aromatic carbocycles. The van der Waals surface area contributed by atoms with Crippen LogP contribution in [0.15, 0.2) is 30.5 Å². The largest absolute Gasteiger partial charge is 0.494 e. The van der Waals surface area contributed by atoms with Gasteiger partial charge in [-0.2, -0.15) is 5.10 Å². The van der Waals surface area contributed by atoms with Crippen LogP contribution in [0.3, 0.4) is 0 Å². The molecule has 6 heteroatoms. The van der Waals surface area contributed by atoms with Gasteiger partial charge >= 0.3 is 0 Å². The zero-order chi connectivity index (χ0) is 17.5. The summed E-state index contributed by atoms with van der Waals surface area (Å²) in [6, 6.07) is 7.33. The number of ether oxygens (including phenoxy) is 2. The summed E-state index contributed by atoms with van der Waals surface area (Å²) in [6.45, 7) is 8.81. The SMILES string of the molecule is CCOc1ccc(OCC)c(NC(=O)C[C@H](C)n2ccc(C)n2)c1. The number of aromatic nitrogens is 2. The number of carbonyl (C=O) groups is 1. The maximum absolute atomic E-state index is 12.4. The third-order valence-electron chi connectivity index (χ3n) is 3.51. The van der Waals surface area contributed by atoms with Crippen molar-refractivity contribution in [1.29, 1.82) is 0 Å². The first-order chi connectivity index (χ1) is 11.5. The number of nitrogens with zero attached hydrogens (tertiary/aromatic N) is 2. The van der Waals surface area contributed by atoms with Crippen LogP contribution < -0.4 is 14.8 Å². The van der Waals surface area contributed by atoms with E-state index in [1.807, 2.05) is 52.1 Å². The van der Waals surface area contributed by atoms with Gasteiger partial charge in [-0.05, 0) is 45.9 Å². The van der Waals surface area contributed by atoms with Crippen molar-refractivity contribution in [2.24, 2.45) is 0 Å². The van der Waals surface area contributed by atoms with Crippen LogP contribution in [0, 0.1) is 6.92 Å². The number of benzene rings is 1. The Balaban J connectivity index is 2.07. The van der Waals surface area contributed by atoms with Gasteiger partial charge in [-0.25, -0.2) is 0 Å². The third-order valence-corrected chi connectivity index (χ3v) is 3.51. The van der Waals surface area contributed by atoms with E-state index in [0.29, 0.717) is 36.8 Å². The van der Waals surface area contributed by atoms with Crippen LogP contribution in [0.5, 0.6) is 11.5 Å². The highest BCUT2D eigenvalue weighted by Gasteiger charge is 2.14. The second kappa shape index (κ2) is 8.38. The first kappa shape index (κ1) is 17.8. The molecule has 6 nitrogen and oxygen atoms in total. The van der Waals surface area contributed by atoms with Crippen LogP contribution in [0.2, 0.25) is 0 Å². The average Bonchev–Trinajstić information content (AvgIpc) is 2.97. The van der Waals surface area contributed by atoms with E-state index in [4.69, 9.17) is 9.47 Å². The van der Waals surface area contributed by atoms with Gasteiger partial charge in [0.05, 0.1) is 30.6 Å². The molecule has 0 unspecified atom stereocenters. The summed E-state index contributed by atoms with van der Waals surface area (Å²) in [4.78, 5) is 12.4. The Morgan fingerprint density at radius 3 is 2.62 bits per heavy atom. The first-order valence-corrected chi connectivity index (χ1v) is 8.24. The fraction of sp³-hybridized carbons (Fsp3) is 0.444. The van der Waals surface area contributed by atoms with Crippen LogP contribution in [-0.4, -0.2) is 28.9 Å². The molecule has 1 amide bonds. The van der Waals surface area contributed by atoms with E-state index < -0.39 is 0 Å².